The van der Waals surface area contributed by atoms with Crippen molar-refractivity contribution < 1.29 is 19.1 Å². The Morgan fingerprint density at radius 3 is 2.67 bits per heavy atom. The molecular formula is C17H19N3O4. The molecule has 1 aliphatic heterocycles. The summed E-state index contributed by atoms with van der Waals surface area (Å²) in [5, 5.41) is 6.86. The number of hydrogen-bond acceptors (Lipinski definition) is 5. The lowest BCUT2D eigenvalue weighted by atomic mass is 10.0. The SMILES string of the molecule is COC(=O)c1n[nH]c2c1CCN(C(=O)Cc1ccc(OC)cc1)C2. The Balaban J connectivity index is 1.67. The van der Waals surface area contributed by atoms with Crippen molar-refractivity contribution in [1.29, 1.82) is 0 Å². The lowest BCUT2D eigenvalue weighted by Gasteiger charge is -2.27. The van der Waals surface area contributed by atoms with Gasteiger partial charge in [0.15, 0.2) is 5.69 Å². The fraction of sp³-hybridized carbons (Fsp3) is 0.353. The van der Waals surface area contributed by atoms with E-state index >= 15 is 0 Å². The third kappa shape index (κ3) is 3.10. The number of rotatable bonds is 4. The number of amides is 1. The summed E-state index contributed by atoms with van der Waals surface area (Å²) in [7, 11) is 2.94. The molecule has 2 aromatic rings. The fourth-order valence-electron chi connectivity index (χ4n) is 2.83. The molecule has 0 saturated carbocycles. The lowest BCUT2D eigenvalue weighted by Crippen LogP contribution is -2.37. The first-order valence-corrected chi connectivity index (χ1v) is 7.67. The van der Waals surface area contributed by atoms with Gasteiger partial charge < -0.3 is 14.4 Å². The predicted octanol–water partition coefficient (Wildman–Crippen LogP) is 1.33. The summed E-state index contributed by atoms with van der Waals surface area (Å²) >= 11 is 0. The molecular weight excluding hydrogens is 310 g/mol. The van der Waals surface area contributed by atoms with Crippen molar-refractivity contribution in [3.8, 4) is 5.75 Å². The number of hydrogen-bond donors (Lipinski definition) is 1. The van der Waals surface area contributed by atoms with Crippen molar-refractivity contribution in [3.05, 3.63) is 46.8 Å². The summed E-state index contributed by atoms with van der Waals surface area (Å²) in [6.07, 6.45) is 0.919. The van der Waals surface area contributed by atoms with Crippen LogP contribution in [0.1, 0.15) is 27.3 Å². The second-order valence-corrected chi connectivity index (χ2v) is 5.61. The van der Waals surface area contributed by atoms with Gasteiger partial charge in [-0.25, -0.2) is 4.79 Å². The number of fused-ring (bicyclic) bond motifs is 1. The maximum Gasteiger partial charge on any atom is 0.358 e. The number of aromatic amines is 1. The number of aromatic nitrogens is 2. The van der Waals surface area contributed by atoms with Crippen molar-refractivity contribution >= 4 is 11.9 Å². The Morgan fingerprint density at radius 2 is 2.00 bits per heavy atom. The Bertz CT molecular complexity index is 752. The first kappa shape index (κ1) is 16.0. The second-order valence-electron chi connectivity index (χ2n) is 5.61. The van der Waals surface area contributed by atoms with Gasteiger partial charge in [-0.2, -0.15) is 5.10 Å². The molecule has 126 valence electrons. The molecule has 0 aliphatic carbocycles. The number of methoxy groups -OCH3 is 2. The minimum atomic E-state index is -0.453. The van der Waals surface area contributed by atoms with Gasteiger partial charge in [0.1, 0.15) is 5.75 Å². The topological polar surface area (TPSA) is 84.5 Å². The zero-order valence-corrected chi connectivity index (χ0v) is 13.7. The maximum absolute atomic E-state index is 12.5. The third-order valence-electron chi connectivity index (χ3n) is 4.18. The van der Waals surface area contributed by atoms with Crippen molar-refractivity contribution in [2.45, 2.75) is 19.4 Å². The van der Waals surface area contributed by atoms with Crippen LogP contribution in [0.15, 0.2) is 24.3 Å². The number of esters is 1. The molecule has 0 atom stereocenters. The molecule has 0 spiro atoms. The molecule has 0 bridgehead atoms. The highest BCUT2D eigenvalue weighted by atomic mass is 16.5. The van der Waals surface area contributed by atoms with Crippen molar-refractivity contribution in [1.82, 2.24) is 15.1 Å². The number of carbonyl (C=O) groups excluding carboxylic acids is 2. The number of H-pyrrole nitrogens is 1. The molecule has 1 aliphatic rings. The molecule has 1 aromatic carbocycles. The standard InChI is InChI=1S/C17H19N3O4/c1-23-12-5-3-11(4-6-12)9-15(21)20-8-7-13-14(10-20)18-19-16(13)17(22)24-2/h3-6H,7-10H2,1-2H3,(H,18,19). The second kappa shape index (κ2) is 6.74. The Morgan fingerprint density at radius 1 is 1.25 bits per heavy atom. The van der Waals surface area contributed by atoms with Gasteiger partial charge in [0.2, 0.25) is 5.91 Å². The number of ether oxygens (including phenoxy) is 2. The van der Waals surface area contributed by atoms with Crippen LogP contribution < -0.4 is 4.74 Å². The van der Waals surface area contributed by atoms with E-state index in [1.165, 1.54) is 7.11 Å². The van der Waals surface area contributed by atoms with Gasteiger partial charge in [-0.05, 0) is 24.1 Å². The molecule has 24 heavy (non-hydrogen) atoms. The first-order chi connectivity index (χ1) is 11.6. The van der Waals surface area contributed by atoms with Crippen molar-refractivity contribution in [3.63, 3.8) is 0 Å². The number of nitrogens with one attached hydrogen (secondary N) is 1. The van der Waals surface area contributed by atoms with Crippen LogP contribution in [0.2, 0.25) is 0 Å². The molecule has 0 unspecified atom stereocenters. The summed E-state index contributed by atoms with van der Waals surface area (Å²) < 4.78 is 9.84. The molecule has 0 radical (unpaired) electrons. The van der Waals surface area contributed by atoms with E-state index in [4.69, 9.17) is 9.47 Å². The highest BCUT2D eigenvalue weighted by Gasteiger charge is 2.27. The first-order valence-electron chi connectivity index (χ1n) is 7.67. The summed E-state index contributed by atoms with van der Waals surface area (Å²) in [6.45, 7) is 0.986. The average Bonchev–Trinajstić information content (AvgIpc) is 3.04. The fourth-order valence-corrected chi connectivity index (χ4v) is 2.83. The summed E-state index contributed by atoms with van der Waals surface area (Å²) in [5.74, 6) is 0.354. The van der Waals surface area contributed by atoms with Gasteiger partial charge >= 0.3 is 5.97 Å². The monoisotopic (exact) mass is 329 g/mol. The molecule has 1 N–H and O–H groups in total. The zero-order chi connectivity index (χ0) is 17.1. The smallest absolute Gasteiger partial charge is 0.358 e. The van der Waals surface area contributed by atoms with Crippen LogP contribution in [0.5, 0.6) is 5.75 Å². The number of nitrogens with zero attached hydrogens (tertiary/aromatic N) is 2. The summed E-state index contributed by atoms with van der Waals surface area (Å²) in [6, 6.07) is 7.46. The molecule has 7 nitrogen and oxygen atoms in total. The van der Waals surface area contributed by atoms with E-state index in [0.29, 0.717) is 31.6 Å². The van der Waals surface area contributed by atoms with Crippen LogP contribution in [0.25, 0.3) is 0 Å². The van der Waals surface area contributed by atoms with E-state index in [9.17, 15) is 9.59 Å². The van der Waals surface area contributed by atoms with Crippen LogP contribution in [-0.2, 0) is 28.9 Å². The van der Waals surface area contributed by atoms with Crippen LogP contribution >= 0.6 is 0 Å². The Kier molecular flexibility index (Phi) is 4.50. The highest BCUT2D eigenvalue weighted by Crippen LogP contribution is 2.21. The normalized spacial score (nSPS) is 13.3. The molecule has 3 rings (SSSR count). The van der Waals surface area contributed by atoms with E-state index in [0.717, 1.165) is 22.6 Å². The third-order valence-corrected chi connectivity index (χ3v) is 4.18. The molecule has 7 heteroatoms. The molecule has 2 heterocycles. The molecule has 0 fully saturated rings. The minimum absolute atomic E-state index is 0.0417. The van der Waals surface area contributed by atoms with Crippen LogP contribution in [0.3, 0.4) is 0 Å². The minimum Gasteiger partial charge on any atom is -0.497 e. The van der Waals surface area contributed by atoms with Crippen LogP contribution in [0.4, 0.5) is 0 Å². The maximum atomic E-state index is 12.5. The van der Waals surface area contributed by atoms with E-state index < -0.39 is 5.97 Å². The summed E-state index contributed by atoms with van der Waals surface area (Å²) in [4.78, 5) is 25.9. The summed E-state index contributed by atoms with van der Waals surface area (Å²) in [5.41, 5.74) is 2.89. The van der Waals surface area contributed by atoms with Crippen molar-refractivity contribution in [2.75, 3.05) is 20.8 Å². The zero-order valence-electron chi connectivity index (χ0n) is 13.7. The average molecular weight is 329 g/mol. The quantitative estimate of drug-likeness (QED) is 0.856. The number of carbonyl (C=O) groups is 2. The highest BCUT2D eigenvalue weighted by molar-refractivity contribution is 5.89. The van der Waals surface area contributed by atoms with E-state index in [2.05, 4.69) is 10.2 Å². The van der Waals surface area contributed by atoms with Gasteiger partial charge in [0.25, 0.3) is 0 Å². The number of benzene rings is 1. The van der Waals surface area contributed by atoms with E-state index in [1.54, 1.807) is 12.0 Å². The van der Waals surface area contributed by atoms with Gasteiger partial charge in [-0.3, -0.25) is 9.89 Å². The van der Waals surface area contributed by atoms with Gasteiger partial charge in [0, 0.05) is 12.1 Å². The van der Waals surface area contributed by atoms with Crippen LogP contribution in [-0.4, -0.2) is 47.7 Å². The largest absolute Gasteiger partial charge is 0.497 e. The molecule has 1 amide bonds. The van der Waals surface area contributed by atoms with Crippen molar-refractivity contribution in [2.24, 2.45) is 0 Å². The van der Waals surface area contributed by atoms with Gasteiger partial charge in [0.05, 0.1) is 32.9 Å². The Labute approximate surface area is 139 Å². The van der Waals surface area contributed by atoms with E-state index in [1.807, 2.05) is 24.3 Å². The Hall–Kier alpha value is -2.83. The van der Waals surface area contributed by atoms with E-state index in [-0.39, 0.29) is 5.91 Å². The molecule has 0 saturated heterocycles. The van der Waals surface area contributed by atoms with Gasteiger partial charge in [-0.1, -0.05) is 12.1 Å². The molecule has 1 aromatic heterocycles. The lowest BCUT2D eigenvalue weighted by molar-refractivity contribution is -0.131. The van der Waals surface area contributed by atoms with Crippen LogP contribution in [0, 0.1) is 0 Å². The van der Waals surface area contributed by atoms with Gasteiger partial charge in [-0.15, -0.1) is 0 Å². The predicted molar refractivity (Wildman–Crippen MR) is 85.7 cm³/mol.